The number of benzene rings is 1. The van der Waals surface area contributed by atoms with Gasteiger partial charge in [0.25, 0.3) is 0 Å². The number of piperazine rings is 1. The Morgan fingerprint density at radius 1 is 1.08 bits per heavy atom. The zero-order chi connectivity index (χ0) is 18.1. The van der Waals surface area contributed by atoms with Crippen molar-refractivity contribution in [2.45, 2.75) is 26.3 Å². The topological polar surface area (TPSA) is 47.6 Å². The Morgan fingerprint density at radius 2 is 1.80 bits per heavy atom. The van der Waals surface area contributed by atoms with Gasteiger partial charge in [0.1, 0.15) is 0 Å². The van der Waals surface area contributed by atoms with Gasteiger partial charge in [0.05, 0.1) is 0 Å². The van der Waals surface area contributed by atoms with E-state index >= 15 is 0 Å². The molecule has 1 heterocycles. The van der Waals surface area contributed by atoms with Crippen LogP contribution in [-0.2, 0) is 6.54 Å². The van der Waals surface area contributed by atoms with Crippen molar-refractivity contribution in [3.63, 3.8) is 0 Å². The average molecular weight is 387 g/mol. The Hall–Kier alpha value is -1.01. The largest absolute Gasteiger partial charge is 0.338 e. The number of urea groups is 1. The maximum absolute atomic E-state index is 11.8. The molecule has 25 heavy (non-hydrogen) atoms. The standard InChI is InChI=1S/C18H28Cl2N4O/c1-2-23-9-11-24(12-10-23)8-4-3-7-21-18(25)22-14-15-5-6-16(19)13-17(15)20/h5-6,13H,2-4,7-12,14H2,1H3,(H2,21,22,25). The number of amides is 2. The van der Waals surface area contributed by atoms with Gasteiger partial charge in [-0.25, -0.2) is 4.79 Å². The van der Waals surface area contributed by atoms with Crippen molar-refractivity contribution in [1.82, 2.24) is 20.4 Å². The summed E-state index contributed by atoms with van der Waals surface area (Å²) in [4.78, 5) is 16.8. The van der Waals surface area contributed by atoms with Crippen LogP contribution in [0.25, 0.3) is 0 Å². The summed E-state index contributed by atoms with van der Waals surface area (Å²) in [5.74, 6) is 0. The van der Waals surface area contributed by atoms with E-state index in [4.69, 9.17) is 23.2 Å². The van der Waals surface area contributed by atoms with Crippen molar-refractivity contribution >= 4 is 29.2 Å². The Labute approximate surface area is 160 Å². The second-order valence-electron chi connectivity index (χ2n) is 6.33. The van der Waals surface area contributed by atoms with Crippen LogP contribution in [0.5, 0.6) is 0 Å². The third-order valence-electron chi connectivity index (χ3n) is 4.55. The van der Waals surface area contributed by atoms with E-state index < -0.39 is 0 Å². The molecule has 2 N–H and O–H groups in total. The molecule has 0 unspecified atom stereocenters. The second-order valence-corrected chi connectivity index (χ2v) is 7.17. The van der Waals surface area contributed by atoms with Gasteiger partial charge < -0.3 is 20.4 Å². The number of rotatable bonds is 8. The number of hydrogen-bond acceptors (Lipinski definition) is 3. The van der Waals surface area contributed by atoms with Gasteiger partial charge in [-0.15, -0.1) is 0 Å². The SMILES string of the molecule is CCN1CCN(CCCCNC(=O)NCc2ccc(Cl)cc2Cl)CC1. The van der Waals surface area contributed by atoms with Gasteiger partial charge in [-0.2, -0.15) is 0 Å². The molecule has 1 aliphatic heterocycles. The summed E-state index contributed by atoms with van der Waals surface area (Å²) in [5, 5.41) is 6.87. The summed E-state index contributed by atoms with van der Waals surface area (Å²) < 4.78 is 0. The highest BCUT2D eigenvalue weighted by Gasteiger charge is 2.14. The van der Waals surface area contributed by atoms with Gasteiger partial charge in [-0.05, 0) is 43.6 Å². The van der Waals surface area contributed by atoms with Crippen LogP contribution in [0.4, 0.5) is 4.79 Å². The van der Waals surface area contributed by atoms with Gasteiger partial charge in [0.15, 0.2) is 0 Å². The van der Waals surface area contributed by atoms with Crippen molar-refractivity contribution in [3.8, 4) is 0 Å². The smallest absolute Gasteiger partial charge is 0.315 e. The number of carbonyl (C=O) groups is 1. The van der Waals surface area contributed by atoms with Crippen LogP contribution >= 0.6 is 23.2 Å². The number of unbranched alkanes of at least 4 members (excludes halogenated alkanes) is 1. The molecule has 5 nitrogen and oxygen atoms in total. The van der Waals surface area contributed by atoms with Crippen LogP contribution in [0, 0.1) is 0 Å². The molecule has 1 saturated heterocycles. The number of likely N-dealkylation sites (N-methyl/N-ethyl adjacent to an activating group) is 1. The Morgan fingerprint density at radius 3 is 2.48 bits per heavy atom. The molecule has 2 amide bonds. The van der Waals surface area contributed by atoms with Crippen LogP contribution in [0.15, 0.2) is 18.2 Å². The summed E-state index contributed by atoms with van der Waals surface area (Å²) in [6, 6.07) is 5.10. The van der Waals surface area contributed by atoms with Gasteiger partial charge >= 0.3 is 6.03 Å². The summed E-state index contributed by atoms with van der Waals surface area (Å²) in [6.07, 6.45) is 2.10. The minimum absolute atomic E-state index is 0.164. The van der Waals surface area contributed by atoms with Crippen LogP contribution < -0.4 is 10.6 Å². The molecular formula is C18H28Cl2N4O. The summed E-state index contributed by atoms with van der Waals surface area (Å²) in [7, 11) is 0. The molecule has 0 spiro atoms. The highest BCUT2D eigenvalue weighted by molar-refractivity contribution is 6.35. The van der Waals surface area contributed by atoms with Crippen molar-refractivity contribution < 1.29 is 4.79 Å². The maximum atomic E-state index is 11.8. The number of nitrogens with zero attached hydrogens (tertiary/aromatic N) is 2. The Kier molecular flexibility index (Phi) is 8.82. The number of carbonyl (C=O) groups excluding carboxylic acids is 1. The fourth-order valence-electron chi connectivity index (χ4n) is 2.89. The van der Waals surface area contributed by atoms with E-state index in [-0.39, 0.29) is 6.03 Å². The zero-order valence-electron chi connectivity index (χ0n) is 14.9. The number of hydrogen-bond donors (Lipinski definition) is 2. The highest BCUT2D eigenvalue weighted by Crippen LogP contribution is 2.20. The molecule has 0 atom stereocenters. The molecule has 1 aromatic carbocycles. The summed E-state index contributed by atoms with van der Waals surface area (Å²) in [6.45, 7) is 10.2. The molecule has 1 fully saturated rings. The molecule has 0 saturated carbocycles. The third kappa shape index (κ3) is 7.40. The lowest BCUT2D eigenvalue weighted by atomic mass is 10.2. The number of nitrogens with one attached hydrogen (secondary N) is 2. The first-order chi connectivity index (χ1) is 12.1. The normalized spacial score (nSPS) is 16.0. The first-order valence-corrected chi connectivity index (χ1v) is 9.74. The monoisotopic (exact) mass is 386 g/mol. The predicted octanol–water partition coefficient (Wildman–Crippen LogP) is 3.21. The first kappa shape index (κ1) is 20.3. The average Bonchev–Trinajstić information content (AvgIpc) is 2.61. The summed E-state index contributed by atoms with van der Waals surface area (Å²) in [5.41, 5.74) is 0.854. The number of halogens is 2. The van der Waals surface area contributed by atoms with Crippen molar-refractivity contribution in [1.29, 1.82) is 0 Å². The quantitative estimate of drug-likeness (QED) is 0.674. The molecule has 1 aliphatic rings. The molecule has 0 aliphatic carbocycles. The van der Waals surface area contributed by atoms with Crippen LogP contribution in [0.3, 0.4) is 0 Å². The lowest BCUT2D eigenvalue weighted by molar-refractivity contribution is 0.135. The molecule has 1 aromatic rings. The highest BCUT2D eigenvalue weighted by atomic mass is 35.5. The first-order valence-electron chi connectivity index (χ1n) is 8.99. The van der Waals surface area contributed by atoms with E-state index in [2.05, 4.69) is 27.4 Å². The molecular weight excluding hydrogens is 359 g/mol. The van der Waals surface area contributed by atoms with Crippen LogP contribution in [-0.4, -0.2) is 61.6 Å². The van der Waals surface area contributed by atoms with E-state index in [0.29, 0.717) is 23.1 Å². The third-order valence-corrected chi connectivity index (χ3v) is 5.14. The Bertz CT molecular complexity index is 548. The van der Waals surface area contributed by atoms with E-state index in [1.165, 1.54) is 13.1 Å². The molecule has 0 aromatic heterocycles. The fourth-order valence-corrected chi connectivity index (χ4v) is 3.37. The van der Waals surface area contributed by atoms with Crippen molar-refractivity contribution in [2.24, 2.45) is 0 Å². The predicted molar refractivity (Wildman–Crippen MR) is 104 cm³/mol. The van der Waals surface area contributed by atoms with Crippen LogP contribution in [0.1, 0.15) is 25.3 Å². The van der Waals surface area contributed by atoms with Gasteiger partial charge in [-0.3, -0.25) is 0 Å². The Balaban J connectivity index is 1.52. The van der Waals surface area contributed by atoms with Crippen LogP contribution in [0.2, 0.25) is 10.0 Å². The fraction of sp³-hybridized carbons (Fsp3) is 0.611. The second kappa shape index (κ2) is 10.9. The van der Waals surface area contributed by atoms with Gasteiger partial charge in [0, 0.05) is 49.3 Å². The van der Waals surface area contributed by atoms with E-state index in [9.17, 15) is 4.79 Å². The lowest BCUT2D eigenvalue weighted by Gasteiger charge is -2.33. The minimum Gasteiger partial charge on any atom is -0.338 e. The van der Waals surface area contributed by atoms with Gasteiger partial charge in [0.2, 0.25) is 0 Å². The zero-order valence-corrected chi connectivity index (χ0v) is 16.4. The van der Waals surface area contributed by atoms with E-state index in [1.807, 2.05) is 6.07 Å². The lowest BCUT2D eigenvalue weighted by Crippen LogP contribution is -2.46. The molecule has 0 bridgehead atoms. The summed E-state index contributed by atoms with van der Waals surface area (Å²) >= 11 is 11.9. The maximum Gasteiger partial charge on any atom is 0.315 e. The van der Waals surface area contributed by atoms with Crippen molar-refractivity contribution in [2.75, 3.05) is 45.8 Å². The molecule has 2 rings (SSSR count). The molecule has 0 radical (unpaired) electrons. The minimum atomic E-state index is -0.164. The molecule has 7 heteroatoms. The van der Waals surface area contributed by atoms with E-state index in [0.717, 1.165) is 44.6 Å². The van der Waals surface area contributed by atoms with Crippen molar-refractivity contribution in [3.05, 3.63) is 33.8 Å². The molecule has 140 valence electrons. The van der Waals surface area contributed by atoms with Gasteiger partial charge in [-0.1, -0.05) is 36.2 Å². The van der Waals surface area contributed by atoms with E-state index in [1.54, 1.807) is 12.1 Å².